The van der Waals surface area contributed by atoms with Gasteiger partial charge in [-0.15, -0.1) is 0 Å². The van der Waals surface area contributed by atoms with Gasteiger partial charge in [-0.1, -0.05) is 48.9 Å². The van der Waals surface area contributed by atoms with E-state index in [0.29, 0.717) is 0 Å². The Balaban J connectivity index is 1.93. The lowest BCUT2D eigenvalue weighted by Crippen LogP contribution is -2.54. The molecule has 5 nitrogen and oxygen atoms in total. The first-order valence-corrected chi connectivity index (χ1v) is 10.9. The van der Waals surface area contributed by atoms with Gasteiger partial charge in [0, 0.05) is 24.3 Å². The van der Waals surface area contributed by atoms with Gasteiger partial charge in [-0.3, -0.25) is 4.79 Å². The number of benzene rings is 2. The van der Waals surface area contributed by atoms with Crippen molar-refractivity contribution in [3.63, 3.8) is 0 Å². The number of anilines is 1. The number of ether oxygens (including phenoxy) is 1. The largest absolute Gasteiger partial charge is 0.378 e. The first kappa shape index (κ1) is 22.3. The Morgan fingerprint density at radius 3 is 2.27 bits per heavy atom. The first-order valence-electron chi connectivity index (χ1n) is 10.9. The van der Waals surface area contributed by atoms with Crippen LogP contribution in [0.2, 0.25) is 0 Å². The smallest absolute Gasteiger partial charge is 0.207 e. The maximum absolute atomic E-state index is 11.6. The fourth-order valence-corrected chi connectivity index (χ4v) is 4.55. The lowest BCUT2D eigenvalue weighted by molar-refractivity contribution is -0.111. The molecule has 0 aliphatic carbocycles. The number of nitrogens with zero attached hydrogens (tertiary/aromatic N) is 2. The monoisotopic (exact) mass is 409 g/mol. The molecule has 1 heterocycles. The van der Waals surface area contributed by atoms with Crippen LogP contribution in [0.5, 0.6) is 0 Å². The van der Waals surface area contributed by atoms with E-state index in [2.05, 4.69) is 91.6 Å². The van der Waals surface area contributed by atoms with Crippen LogP contribution in [0.4, 0.5) is 5.69 Å². The van der Waals surface area contributed by atoms with Crippen LogP contribution in [-0.2, 0) is 16.0 Å². The highest BCUT2D eigenvalue weighted by Gasteiger charge is 2.40. The van der Waals surface area contributed by atoms with Crippen molar-refractivity contribution in [2.24, 2.45) is 0 Å². The summed E-state index contributed by atoms with van der Waals surface area (Å²) in [6.07, 6.45) is 2.60. The van der Waals surface area contributed by atoms with E-state index < -0.39 is 0 Å². The third-order valence-electron chi connectivity index (χ3n) is 6.51. The van der Waals surface area contributed by atoms with Crippen molar-refractivity contribution in [3.8, 4) is 0 Å². The van der Waals surface area contributed by atoms with E-state index in [9.17, 15) is 4.79 Å². The van der Waals surface area contributed by atoms with Crippen LogP contribution in [0.3, 0.4) is 0 Å². The minimum Gasteiger partial charge on any atom is -0.378 e. The lowest BCUT2D eigenvalue weighted by Gasteiger charge is -2.46. The van der Waals surface area contributed by atoms with Gasteiger partial charge in [0.1, 0.15) is 0 Å². The van der Waals surface area contributed by atoms with Crippen LogP contribution in [0.15, 0.2) is 48.5 Å². The van der Waals surface area contributed by atoms with Gasteiger partial charge in [0.15, 0.2) is 0 Å². The van der Waals surface area contributed by atoms with Gasteiger partial charge in [0.2, 0.25) is 6.41 Å². The number of rotatable bonds is 9. The molecular formula is C25H35N3O2. The minimum atomic E-state index is -0.239. The van der Waals surface area contributed by atoms with Gasteiger partial charge in [-0.05, 0) is 57.1 Å². The molecule has 0 aromatic heterocycles. The third-order valence-corrected chi connectivity index (χ3v) is 6.51. The quantitative estimate of drug-likeness (QED) is 0.643. The number of hydrogen-bond acceptors (Lipinski definition) is 4. The summed E-state index contributed by atoms with van der Waals surface area (Å²) in [5, 5.41) is 3.15. The SMILES string of the molecule is CCC(Cc1ccc(C)cc1)(C(NC=O)c1ccc(N2CCOCC2)cc1)N(C)C. The Morgan fingerprint density at radius 2 is 1.73 bits per heavy atom. The molecule has 1 N–H and O–H groups in total. The summed E-state index contributed by atoms with van der Waals surface area (Å²) in [5.74, 6) is 0. The van der Waals surface area contributed by atoms with E-state index in [1.165, 1.54) is 16.8 Å². The summed E-state index contributed by atoms with van der Waals surface area (Å²) in [6.45, 7) is 7.69. The van der Waals surface area contributed by atoms with E-state index >= 15 is 0 Å². The molecule has 1 amide bonds. The van der Waals surface area contributed by atoms with E-state index in [4.69, 9.17) is 4.74 Å². The zero-order valence-corrected chi connectivity index (χ0v) is 18.7. The molecule has 2 atom stereocenters. The van der Waals surface area contributed by atoms with Crippen molar-refractivity contribution in [2.45, 2.75) is 38.3 Å². The number of hydrogen-bond donors (Lipinski definition) is 1. The molecule has 1 saturated heterocycles. The predicted molar refractivity (Wildman–Crippen MR) is 123 cm³/mol. The number of nitrogens with one attached hydrogen (secondary N) is 1. The van der Waals surface area contributed by atoms with Crippen LogP contribution >= 0.6 is 0 Å². The molecule has 2 aromatic rings. The molecule has 1 fully saturated rings. The maximum Gasteiger partial charge on any atom is 0.207 e. The molecule has 0 bridgehead atoms. The third kappa shape index (κ3) is 4.85. The Hall–Kier alpha value is -2.37. The number of likely N-dealkylation sites (N-methyl/N-ethyl adjacent to an activating group) is 1. The van der Waals surface area contributed by atoms with Crippen LogP contribution in [-0.4, -0.2) is 57.2 Å². The summed E-state index contributed by atoms with van der Waals surface area (Å²) in [4.78, 5) is 16.2. The number of amides is 1. The summed E-state index contributed by atoms with van der Waals surface area (Å²) >= 11 is 0. The van der Waals surface area contributed by atoms with Gasteiger partial charge in [-0.25, -0.2) is 0 Å². The maximum atomic E-state index is 11.6. The molecule has 2 aromatic carbocycles. The standard InChI is InChI=1S/C25H35N3O2/c1-5-25(27(3)4,18-21-8-6-20(2)7-9-21)24(26-19-29)22-10-12-23(13-11-22)28-14-16-30-17-15-28/h6-13,19,24H,5,14-18H2,1-4H3,(H,26,29). The predicted octanol–water partition coefficient (Wildman–Crippen LogP) is 3.57. The number of carbonyl (C=O) groups is 1. The normalized spacial score (nSPS) is 17.4. The second-order valence-corrected chi connectivity index (χ2v) is 8.42. The molecule has 30 heavy (non-hydrogen) atoms. The molecule has 2 unspecified atom stereocenters. The molecule has 162 valence electrons. The minimum absolute atomic E-state index is 0.116. The lowest BCUT2D eigenvalue weighted by atomic mass is 9.77. The molecule has 0 spiro atoms. The fraction of sp³-hybridized carbons (Fsp3) is 0.480. The molecule has 0 radical (unpaired) electrons. The summed E-state index contributed by atoms with van der Waals surface area (Å²) in [7, 11) is 4.22. The first-order chi connectivity index (χ1) is 14.5. The van der Waals surface area contributed by atoms with Crippen molar-refractivity contribution >= 4 is 12.1 Å². The van der Waals surface area contributed by atoms with E-state index in [0.717, 1.165) is 51.1 Å². The van der Waals surface area contributed by atoms with Gasteiger partial charge in [-0.2, -0.15) is 0 Å². The Morgan fingerprint density at radius 1 is 1.10 bits per heavy atom. The highest BCUT2D eigenvalue weighted by atomic mass is 16.5. The molecule has 0 saturated carbocycles. The Bertz CT molecular complexity index is 798. The highest BCUT2D eigenvalue weighted by molar-refractivity contribution is 5.52. The van der Waals surface area contributed by atoms with Crippen molar-refractivity contribution in [3.05, 3.63) is 65.2 Å². The van der Waals surface area contributed by atoms with Crippen LogP contribution < -0.4 is 10.2 Å². The summed E-state index contributed by atoms with van der Waals surface area (Å²) in [6, 6.07) is 17.3. The van der Waals surface area contributed by atoms with Crippen molar-refractivity contribution in [1.29, 1.82) is 0 Å². The number of carbonyl (C=O) groups excluding carboxylic acids is 1. The molecule has 3 rings (SSSR count). The van der Waals surface area contributed by atoms with Crippen LogP contribution in [0.25, 0.3) is 0 Å². The van der Waals surface area contributed by atoms with E-state index in [1.54, 1.807) is 0 Å². The second-order valence-electron chi connectivity index (χ2n) is 8.42. The van der Waals surface area contributed by atoms with Gasteiger partial charge in [0.25, 0.3) is 0 Å². The molecule has 5 heteroatoms. The van der Waals surface area contributed by atoms with Crippen molar-refractivity contribution in [2.75, 3.05) is 45.3 Å². The summed E-state index contributed by atoms with van der Waals surface area (Å²) < 4.78 is 5.47. The van der Waals surface area contributed by atoms with Crippen LogP contribution in [0.1, 0.15) is 36.1 Å². The number of morpholine rings is 1. The van der Waals surface area contributed by atoms with Gasteiger partial charge < -0.3 is 19.9 Å². The van der Waals surface area contributed by atoms with Crippen molar-refractivity contribution < 1.29 is 9.53 Å². The van der Waals surface area contributed by atoms with Crippen LogP contribution in [0, 0.1) is 6.92 Å². The summed E-state index contributed by atoms with van der Waals surface area (Å²) in [5.41, 5.74) is 4.63. The average Bonchev–Trinajstić information content (AvgIpc) is 2.78. The Labute approximate surface area is 181 Å². The zero-order chi connectivity index (χ0) is 21.6. The molecular weight excluding hydrogens is 374 g/mol. The fourth-order valence-electron chi connectivity index (χ4n) is 4.55. The van der Waals surface area contributed by atoms with E-state index in [1.807, 2.05) is 0 Å². The van der Waals surface area contributed by atoms with E-state index in [-0.39, 0.29) is 11.6 Å². The average molecular weight is 410 g/mol. The Kier molecular flexibility index (Phi) is 7.51. The second kappa shape index (κ2) is 10.1. The zero-order valence-electron chi connectivity index (χ0n) is 18.7. The highest BCUT2D eigenvalue weighted by Crippen LogP contribution is 2.37. The topological polar surface area (TPSA) is 44.8 Å². The molecule has 1 aliphatic rings. The van der Waals surface area contributed by atoms with Gasteiger partial charge in [0.05, 0.1) is 19.3 Å². The van der Waals surface area contributed by atoms with Crippen molar-refractivity contribution in [1.82, 2.24) is 10.2 Å². The number of aryl methyl sites for hydroxylation is 1. The van der Waals surface area contributed by atoms with Gasteiger partial charge >= 0.3 is 0 Å². The molecule has 1 aliphatic heterocycles.